The SMILES string of the molecule is COc1ccccc1N1CCN(C(=O)C2CN(C(=O)c3cccs3)CC2c2cc(OC)c(OC)c(OC)c2)CC1. The minimum Gasteiger partial charge on any atom is -0.495 e. The van der Waals surface area contributed by atoms with Crippen LogP contribution in [0.15, 0.2) is 53.9 Å². The lowest BCUT2D eigenvalue weighted by molar-refractivity contribution is -0.135. The summed E-state index contributed by atoms with van der Waals surface area (Å²) in [6, 6.07) is 15.4. The summed E-state index contributed by atoms with van der Waals surface area (Å²) in [5, 5.41) is 1.89. The van der Waals surface area contributed by atoms with E-state index in [0.29, 0.717) is 61.4 Å². The number of rotatable bonds is 8. The Labute approximate surface area is 238 Å². The molecule has 3 heterocycles. The van der Waals surface area contributed by atoms with Crippen molar-refractivity contribution in [2.24, 2.45) is 5.92 Å². The van der Waals surface area contributed by atoms with Crippen molar-refractivity contribution in [3.63, 3.8) is 0 Å². The molecule has 0 aliphatic carbocycles. The van der Waals surface area contributed by atoms with Crippen LogP contribution >= 0.6 is 11.3 Å². The number of amides is 2. The quantitative estimate of drug-likeness (QED) is 0.409. The highest BCUT2D eigenvalue weighted by molar-refractivity contribution is 7.12. The molecular formula is C30H35N3O6S. The summed E-state index contributed by atoms with van der Waals surface area (Å²) in [7, 11) is 6.39. The van der Waals surface area contributed by atoms with E-state index in [1.807, 2.05) is 58.8 Å². The molecule has 0 bridgehead atoms. The van der Waals surface area contributed by atoms with Gasteiger partial charge in [-0.2, -0.15) is 0 Å². The first kappa shape index (κ1) is 27.6. The van der Waals surface area contributed by atoms with Gasteiger partial charge in [0.05, 0.1) is 44.9 Å². The summed E-state index contributed by atoms with van der Waals surface area (Å²) in [5.74, 6) is 1.75. The van der Waals surface area contributed by atoms with Crippen LogP contribution in [0.1, 0.15) is 21.2 Å². The number of nitrogens with zero attached hydrogens (tertiary/aromatic N) is 3. The number of methoxy groups -OCH3 is 4. The maximum absolute atomic E-state index is 14.1. The van der Waals surface area contributed by atoms with Gasteiger partial charge >= 0.3 is 0 Å². The number of thiophene rings is 1. The Morgan fingerprint density at radius 1 is 0.775 bits per heavy atom. The molecule has 2 aliphatic heterocycles. The zero-order valence-electron chi connectivity index (χ0n) is 23.3. The summed E-state index contributed by atoms with van der Waals surface area (Å²) < 4.78 is 22.3. The Balaban J connectivity index is 1.40. The number of para-hydroxylation sites is 2. The van der Waals surface area contributed by atoms with Gasteiger partial charge in [-0.25, -0.2) is 0 Å². The van der Waals surface area contributed by atoms with Crippen molar-refractivity contribution in [1.82, 2.24) is 9.80 Å². The normalized spacial score (nSPS) is 18.9. The molecule has 2 aliphatic rings. The van der Waals surface area contributed by atoms with E-state index in [2.05, 4.69) is 4.90 Å². The van der Waals surface area contributed by atoms with Gasteiger partial charge in [0.2, 0.25) is 11.7 Å². The van der Waals surface area contributed by atoms with Gasteiger partial charge in [0.1, 0.15) is 5.75 Å². The van der Waals surface area contributed by atoms with Gasteiger partial charge in [-0.05, 0) is 41.3 Å². The van der Waals surface area contributed by atoms with Crippen LogP contribution in [-0.4, -0.2) is 89.3 Å². The van der Waals surface area contributed by atoms with E-state index in [1.54, 1.807) is 33.3 Å². The second kappa shape index (κ2) is 12.1. The largest absolute Gasteiger partial charge is 0.495 e. The number of hydrogen-bond donors (Lipinski definition) is 0. The van der Waals surface area contributed by atoms with E-state index in [9.17, 15) is 9.59 Å². The Kier molecular flexibility index (Phi) is 8.35. The molecule has 0 spiro atoms. The number of likely N-dealkylation sites (tertiary alicyclic amines) is 1. The van der Waals surface area contributed by atoms with Gasteiger partial charge in [-0.15, -0.1) is 11.3 Å². The monoisotopic (exact) mass is 565 g/mol. The van der Waals surface area contributed by atoms with Gasteiger partial charge < -0.3 is 33.6 Å². The third kappa shape index (κ3) is 5.28. The van der Waals surface area contributed by atoms with Gasteiger partial charge in [-0.1, -0.05) is 18.2 Å². The van der Waals surface area contributed by atoms with E-state index in [-0.39, 0.29) is 17.7 Å². The fraction of sp³-hybridized carbons (Fsp3) is 0.400. The average molecular weight is 566 g/mol. The average Bonchev–Trinajstić information content (AvgIpc) is 3.71. The molecule has 2 atom stereocenters. The molecule has 0 radical (unpaired) electrons. The van der Waals surface area contributed by atoms with Crippen LogP contribution in [0.3, 0.4) is 0 Å². The van der Waals surface area contributed by atoms with Crippen molar-refractivity contribution in [1.29, 1.82) is 0 Å². The third-order valence-corrected chi connectivity index (χ3v) is 8.65. The van der Waals surface area contributed by atoms with Crippen LogP contribution in [0.4, 0.5) is 5.69 Å². The lowest BCUT2D eigenvalue weighted by atomic mass is 9.87. The number of hydrogen-bond acceptors (Lipinski definition) is 8. The van der Waals surface area contributed by atoms with Crippen molar-refractivity contribution in [3.05, 3.63) is 64.4 Å². The van der Waals surface area contributed by atoms with E-state index in [4.69, 9.17) is 18.9 Å². The van der Waals surface area contributed by atoms with E-state index < -0.39 is 5.92 Å². The maximum atomic E-state index is 14.1. The molecular weight excluding hydrogens is 530 g/mol. The first-order valence-corrected chi connectivity index (χ1v) is 14.2. The molecule has 212 valence electrons. The molecule has 10 heteroatoms. The predicted molar refractivity (Wildman–Crippen MR) is 154 cm³/mol. The third-order valence-electron chi connectivity index (χ3n) is 7.79. The summed E-state index contributed by atoms with van der Waals surface area (Å²) in [6.07, 6.45) is 0. The molecule has 2 fully saturated rings. The molecule has 1 aromatic heterocycles. The Hall–Kier alpha value is -3.92. The first-order chi connectivity index (χ1) is 19.5. The van der Waals surface area contributed by atoms with Crippen molar-refractivity contribution in [2.45, 2.75) is 5.92 Å². The number of anilines is 1. The predicted octanol–water partition coefficient (Wildman–Crippen LogP) is 3.99. The van der Waals surface area contributed by atoms with Crippen molar-refractivity contribution in [2.75, 3.05) is 72.6 Å². The molecule has 2 amide bonds. The number of ether oxygens (including phenoxy) is 4. The molecule has 0 saturated carbocycles. The zero-order chi connectivity index (χ0) is 28.2. The van der Waals surface area contributed by atoms with Gasteiger partial charge in [0.15, 0.2) is 11.5 Å². The van der Waals surface area contributed by atoms with E-state index in [1.165, 1.54) is 11.3 Å². The Morgan fingerprint density at radius 2 is 1.45 bits per heavy atom. The van der Waals surface area contributed by atoms with Crippen LogP contribution in [0, 0.1) is 5.92 Å². The lowest BCUT2D eigenvalue weighted by Gasteiger charge is -2.38. The molecule has 5 rings (SSSR count). The summed E-state index contributed by atoms with van der Waals surface area (Å²) >= 11 is 1.41. The minimum atomic E-state index is -0.399. The molecule has 2 unspecified atom stereocenters. The zero-order valence-corrected chi connectivity index (χ0v) is 24.1. The summed E-state index contributed by atoms with van der Waals surface area (Å²) in [4.78, 5) is 34.1. The number of carbonyl (C=O) groups excluding carboxylic acids is 2. The van der Waals surface area contributed by atoms with Crippen LogP contribution in [0.5, 0.6) is 23.0 Å². The van der Waals surface area contributed by atoms with Crippen molar-refractivity contribution < 1.29 is 28.5 Å². The number of carbonyl (C=O) groups is 2. The topological polar surface area (TPSA) is 80.8 Å². The van der Waals surface area contributed by atoms with Gasteiger partial charge in [0, 0.05) is 45.2 Å². The highest BCUT2D eigenvalue weighted by Crippen LogP contribution is 2.44. The number of piperazine rings is 1. The van der Waals surface area contributed by atoms with E-state index in [0.717, 1.165) is 17.0 Å². The standard InChI is InChI=1S/C30H35N3O6S/c1-36-24-9-6-5-8-23(24)31-11-13-32(14-12-31)29(34)22-19-33(30(35)27-10-7-15-40-27)18-21(22)20-16-25(37-2)28(39-4)26(17-20)38-3/h5-10,15-17,21-22H,11-14,18-19H2,1-4H3. The fourth-order valence-electron chi connectivity index (χ4n) is 5.72. The van der Waals surface area contributed by atoms with Crippen LogP contribution in [-0.2, 0) is 4.79 Å². The molecule has 0 N–H and O–H groups in total. The highest BCUT2D eigenvalue weighted by atomic mass is 32.1. The molecule has 2 aromatic carbocycles. The second-order valence-corrected chi connectivity index (χ2v) is 10.8. The van der Waals surface area contributed by atoms with Crippen molar-refractivity contribution >= 4 is 28.8 Å². The van der Waals surface area contributed by atoms with Gasteiger partial charge in [-0.3, -0.25) is 9.59 Å². The first-order valence-electron chi connectivity index (χ1n) is 13.3. The highest BCUT2D eigenvalue weighted by Gasteiger charge is 2.43. The fourth-order valence-corrected chi connectivity index (χ4v) is 6.41. The maximum Gasteiger partial charge on any atom is 0.263 e. The van der Waals surface area contributed by atoms with Crippen LogP contribution < -0.4 is 23.8 Å². The molecule has 2 saturated heterocycles. The Bertz CT molecular complexity index is 1310. The van der Waals surface area contributed by atoms with Crippen molar-refractivity contribution in [3.8, 4) is 23.0 Å². The van der Waals surface area contributed by atoms with E-state index >= 15 is 0 Å². The molecule has 9 nitrogen and oxygen atoms in total. The van der Waals surface area contributed by atoms with Crippen LogP contribution in [0.2, 0.25) is 0 Å². The summed E-state index contributed by atoms with van der Waals surface area (Å²) in [6.45, 7) is 3.36. The smallest absolute Gasteiger partial charge is 0.263 e. The summed E-state index contributed by atoms with van der Waals surface area (Å²) in [5.41, 5.74) is 1.91. The van der Waals surface area contributed by atoms with Crippen LogP contribution in [0.25, 0.3) is 0 Å². The minimum absolute atomic E-state index is 0.0521. The number of benzene rings is 2. The lowest BCUT2D eigenvalue weighted by Crippen LogP contribution is -2.51. The Morgan fingerprint density at radius 3 is 2.05 bits per heavy atom. The second-order valence-electron chi connectivity index (χ2n) is 9.84. The molecule has 3 aromatic rings. The van der Waals surface area contributed by atoms with Gasteiger partial charge in [0.25, 0.3) is 5.91 Å². The molecule has 40 heavy (non-hydrogen) atoms.